The van der Waals surface area contributed by atoms with Crippen molar-refractivity contribution in [2.75, 3.05) is 29.5 Å². The summed E-state index contributed by atoms with van der Waals surface area (Å²) in [5.41, 5.74) is 15.9. The van der Waals surface area contributed by atoms with Crippen LogP contribution in [0.25, 0.3) is 11.1 Å². The molecular weight excluding hydrogens is 336 g/mol. The van der Waals surface area contributed by atoms with Crippen LogP contribution in [-0.4, -0.2) is 28.0 Å². The number of nitrogen functional groups attached to an aromatic ring is 2. The maximum Gasteiger partial charge on any atom is 0.222 e. The Kier molecular flexibility index (Phi) is 4.62. The Balaban J connectivity index is 1.63. The van der Waals surface area contributed by atoms with Crippen LogP contribution < -0.4 is 16.4 Å². The molecule has 6 heteroatoms. The number of aromatic nitrogens is 3. The average molecular weight is 360 g/mol. The molecule has 2 aromatic heterocycles. The molecule has 138 valence electrons. The van der Waals surface area contributed by atoms with E-state index in [0.717, 1.165) is 48.6 Å². The second-order valence-corrected chi connectivity index (χ2v) is 7.01. The molecule has 0 radical (unpaired) electrons. The van der Waals surface area contributed by atoms with Gasteiger partial charge in [0.05, 0.1) is 5.69 Å². The van der Waals surface area contributed by atoms with Crippen LogP contribution in [0.15, 0.2) is 48.7 Å². The van der Waals surface area contributed by atoms with Crippen LogP contribution in [0.4, 0.5) is 17.6 Å². The first-order valence-corrected chi connectivity index (χ1v) is 9.27. The van der Waals surface area contributed by atoms with E-state index in [1.165, 1.54) is 5.56 Å². The molecule has 1 saturated heterocycles. The normalized spacial score (nSPS) is 15.1. The van der Waals surface area contributed by atoms with E-state index >= 15 is 0 Å². The highest BCUT2D eigenvalue weighted by Crippen LogP contribution is 2.36. The maximum atomic E-state index is 5.97. The number of anilines is 3. The van der Waals surface area contributed by atoms with Gasteiger partial charge in [-0.25, -0.2) is 9.97 Å². The number of hydrogen-bond acceptors (Lipinski definition) is 6. The van der Waals surface area contributed by atoms with Crippen LogP contribution >= 0.6 is 0 Å². The zero-order valence-corrected chi connectivity index (χ0v) is 15.5. The van der Waals surface area contributed by atoms with E-state index < -0.39 is 0 Å². The number of nitrogens with two attached hydrogens (primary N) is 2. The van der Waals surface area contributed by atoms with Crippen molar-refractivity contribution in [3.05, 3.63) is 59.9 Å². The maximum absolute atomic E-state index is 5.97. The van der Waals surface area contributed by atoms with E-state index in [-0.39, 0.29) is 0 Å². The zero-order valence-electron chi connectivity index (χ0n) is 15.5. The number of benzene rings is 1. The van der Waals surface area contributed by atoms with Crippen LogP contribution in [-0.2, 0) is 0 Å². The predicted molar refractivity (Wildman–Crippen MR) is 109 cm³/mol. The van der Waals surface area contributed by atoms with Crippen molar-refractivity contribution in [1.29, 1.82) is 0 Å². The van der Waals surface area contributed by atoms with Crippen molar-refractivity contribution in [1.82, 2.24) is 15.0 Å². The van der Waals surface area contributed by atoms with E-state index in [0.29, 0.717) is 17.7 Å². The largest absolute Gasteiger partial charge is 0.384 e. The topological polar surface area (TPSA) is 94.0 Å². The smallest absolute Gasteiger partial charge is 0.222 e. The van der Waals surface area contributed by atoms with Crippen molar-refractivity contribution in [2.45, 2.75) is 25.7 Å². The minimum absolute atomic E-state index is 0.305. The van der Waals surface area contributed by atoms with Gasteiger partial charge in [-0.1, -0.05) is 30.3 Å². The highest BCUT2D eigenvalue weighted by atomic mass is 15.2. The molecule has 0 saturated carbocycles. The quantitative estimate of drug-likeness (QED) is 0.743. The van der Waals surface area contributed by atoms with E-state index in [9.17, 15) is 0 Å². The van der Waals surface area contributed by atoms with Gasteiger partial charge < -0.3 is 16.4 Å². The van der Waals surface area contributed by atoms with E-state index in [1.54, 1.807) is 12.3 Å². The molecule has 1 fully saturated rings. The number of pyridine rings is 1. The molecule has 6 nitrogen and oxygen atoms in total. The Bertz CT molecular complexity index is 915. The third kappa shape index (κ3) is 3.56. The second-order valence-electron chi connectivity index (χ2n) is 7.01. The van der Waals surface area contributed by atoms with Gasteiger partial charge in [-0.3, -0.25) is 0 Å². The number of rotatable bonds is 3. The van der Waals surface area contributed by atoms with Crippen LogP contribution in [0.3, 0.4) is 0 Å². The molecule has 4 rings (SSSR count). The number of nitrogens with zero attached hydrogens (tertiary/aromatic N) is 4. The summed E-state index contributed by atoms with van der Waals surface area (Å²) in [4.78, 5) is 15.5. The molecule has 27 heavy (non-hydrogen) atoms. The Morgan fingerprint density at radius 1 is 0.963 bits per heavy atom. The van der Waals surface area contributed by atoms with Crippen molar-refractivity contribution < 1.29 is 0 Å². The molecule has 3 aromatic rings. The molecule has 0 unspecified atom stereocenters. The minimum atomic E-state index is 0.305. The fourth-order valence-electron chi connectivity index (χ4n) is 3.85. The Morgan fingerprint density at radius 3 is 2.37 bits per heavy atom. The first kappa shape index (κ1) is 17.3. The Morgan fingerprint density at radius 2 is 1.70 bits per heavy atom. The monoisotopic (exact) mass is 360 g/mol. The first-order valence-electron chi connectivity index (χ1n) is 9.27. The summed E-state index contributed by atoms with van der Waals surface area (Å²) in [7, 11) is 0. The molecule has 0 amide bonds. The third-order valence-corrected chi connectivity index (χ3v) is 5.23. The van der Waals surface area contributed by atoms with Gasteiger partial charge in [0, 0.05) is 30.4 Å². The van der Waals surface area contributed by atoms with Crippen LogP contribution in [0.5, 0.6) is 0 Å². The predicted octanol–water partition coefficient (Wildman–Crippen LogP) is 3.40. The summed E-state index contributed by atoms with van der Waals surface area (Å²) >= 11 is 0. The number of aryl methyl sites for hydroxylation is 1. The summed E-state index contributed by atoms with van der Waals surface area (Å²) in [6, 6.07) is 14.5. The molecular formula is C21H24N6. The summed E-state index contributed by atoms with van der Waals surface area (Å²) < 4.78 is 0. The zero-order chi connectivity index (χ0) is 18.8. The van der Waals surface area contributed by atoms with E-state index in [2.05, 4.69) is 50.2 Å². The summed E-state index contributed by atoms with van der Waals surface area (Å²) in [5.74, 6) is 2.28. The highest BCUT2D eigenvalue weighted by molar-refractivity contribution is 5.78. The van der Waals surface area contributed by atoms with Gasteiger partial charge in [-0.15, -0.1) is 0 Å². The average Bonchev–Trinajstić information content (AvgIpc) is 2.69. The summed E-state index contributed by atoms with van der Waals surface area (Å²) in [5, 5.41) is 0. The number of piperidine rings is 1. The van der Waals surface area contributed by atoms with Crippen LogP contribution in [0.1, 0.15) is 30.0 Å². The minimum Gasteiger partial charge on any atom is -0.384 e. The van der Waals surface area contributed by atoms with Crippen molar-refractivity contribution >= 4 is 17.6 Å². The van der Waals surface area contributed by atoms with Crippen molar-refractivity contribution in [3.63, 3.8) is 0 Å². The fraction of sp³-hybridized carbons (Fsp3) is 0.286. The molecule has 4 N–H and O–H groups in total. The third-order valence-electron chi connectivity index (χ3n) is 5.23. The van der Waals surface area contributed by atoms with E-state index in [1.807, 2.05) is 13.0 Å². The summed E-state index contributed by atoms with van der Waals surface area (Å²) in [6.45, 7) is 3.83. The molecule has 1 aromatic carbocycles. The second kappa shape index (κ2) is 7.23. The first-order chi connectivity index (χ1) is 13.1. The molecule has 0 atom stereocenters. The highest BCUT2D eigenvalue weighted by Gasteiger charge is 2.25. The molecule has 1 aliphatic heterocycles. The SMILES string of the molecule is Cc1nc(N)nc(N2CCC(c3ccccc3)CC2)c1-c1ccc(N)nc1. The lowest BCUT2D eigenvalue weighted by molar-refractivity contribution is 0.503. The molecule has 0 bridgehead atoms. The lowest BCUT2D eigenvalue weighted by Gasteiger charge is -2.34. The lowest BCUT2D eigenvalue weighted by atomic mass is 9.89. The van der Waals surface area contributed by atoms with Gasteiger partial charge >= 0.3 is 0 Å². The van der Waals surface area contributed by atoms with Gasteiger partial charge in [-0.2, -0.15) is 4.98 Å². The van der Waals surface area contributed by atoms with Gasteiger partial charge in [0.15, 0.2) is 0 Å². The fourth-order valence-corrected chi connectivity index (χ4v) is 3.85. The van der Waals surface area contributed by atoms with Crippen molar-refractivity contribution in [2.24, 2.45) is 0 Å². The Labute approximate surface area is 159 Å². The van der Waals surface area contributed by atoms with Gasteiger partial charge in [0.1, 0.15) is 11.6 Å². The van der Waals surface area contributed by atoms with Crippen molar-refractivity contribution in [3.8, 4) is 11.1 Å². The summed E-state index contributed by atoms with van der Waals surface area (Å²) in [6.07, 6.45) is 3.95. The molecule has 3 heterocycles. The number of hydrogen-bond donors (Lipinski definition) is 2. The standard InChI is InChI=1S/C21H24N6/c1-14-19(17-7-8-18(22)24-13-17)20(26-21(23)25-14)27-11-9-16(10-12-27)15-5-3-2-4-6-15/h2-8,13,16H,9-12H2,1H3,(H2,22,24)(H2,23,25,26). The lowest BCUT2D eigenvalue weighted by Crippen LogP contribution is -2.34. The van der Waals surface area contributed by atoms with Gasteiger partial charge in [0.25, 0.3) is 0 Å². The van der Waals surface area contributed by atoms with Crippen LogP contribution in [0.2, 0.25) is 0 Å². The Hall–Kier alpha value is -3.15. The molecule has 1 aliphatic rings. The molecule has 0 spiro atoms. The van der Waals surface area contributed by atoms with Gasteiger partial charge in [-0.05, 0) is 43.4 Å². The van der Waals surface area contributed by atoms with E-state index in [4.69, 9.17) is 11.5 Å². The van der Waals surface area contributed by atoms with Gasteiger partial charge in [0.2, 0.25) is 5.95 Å². The van der Waals surface area contributed by atoms with Crippen LogP contribution in [0, 0.1) is 6.92 Å². The molecule has 0 aliphatic carbocycles.